The van der Waals surface area contributed by atoms with Gasteiger partial charge in [0, 0.05) is 20.1 Å². The van der Waals surface area contributed by atoms with Gasteiger partial charge in [0.1, 0.15) is 17.4 Å². The van der Waals surface area contributed by atoms with Gasteiger partial charge in [0.05, 0.1) is 13.2 Å². The van der Waals surface area contributed by atoms with Crippen molar-refractivity contribution in [2.45, 2.75) is 6.04 Å². The number of hydrogen-bond acceptors (Lipinski definition) is 2. The van der Waals surface area contributed by atoms with Crippen LogP contribution in [0.2, 0.25) is 0 Å². The molecule has 2 nitrogen and oxygen atoms in total. The Balaban J connectivity index is 2.57. The summed E-state index contributed by atoms with van der Waals surface area (Å²) < 4.78 is 34.2. The van der Waals surface area contributed by atoms with Gasteiger partial charge in [-0.15, -0.1) is 0 Å². The van der Waals surface area contributed by atoms with Crippen LogP contribution in [-0.2, 0) is 0 Å². The normalized spacial score (nSPS) is 12.3. The summed E-state index contributed by atoms with van der Waals surface area (Å²) >= 11 is 6.35. The van der Waals surface area contributed by atoms with Crippen LogP contribution in [0.3, 0.4) is 0 Å². The molecule has 1 atom stereocenters. The zero-order valence-corrected chi connectivity index (χ0v) is 13.6. The number of benzene rings is 2. The molecule has 0 radical (unpaired) electrons. The highest BCUT2D eigenvalue weighted by Gasteiger charge is 2.22. The van der Waals surface area contributed by atoms with Crippen LogP contribution >= 0.6 is 31.9 Å². The molecular formula is C14H11Br2F2NO. The number of hydrogen-bond donors (Lipinski definition) is 1. The van der Waals surface area contributed by atoms with E-state index in [1.807, 2.05) is 0 Å². The predicted octanol–water partition coefficient (Wildman–Crippen LogP) is 4.55. The van der Waals surface area contributed by atoms with Crippen molar-refractivity contribution in [3.63, 3.8) is 0 Å². The number of nitrogens with two attached hydrogens (primary N) is 1. The Bertz CT molecular complexity index is 626. The Kier molecular flexibility index (Phi) is 4.78. The molecule has 0 aliphatic rings. The molecule has 0 aliphatic heterocycles. The Morgan fingerprint density at radius 2 is 1.65 bits per heavy atom. The molecule has 106 valence electrons. The first kappa shape index (κ1) is 15.4. The highest BCUT2D eigenvalue weighted by molar-refractivity contribution is 9.10. The Morgan fingerprint density at radius 1 is 1.05 bits per heavy atom. The van der Waals surface area contributed by atoms with Gasteiger partial charge in [0.15, 0.2) is 0 Å². The van der Waals surface area contributed by atoms with Crippen LogP contribution in [0, 0.1) is 11.6 Å². The maximum Gasteiger partial charge on any atom is 0.132 e. The first-order valence-corrected chi connectivity index (χ1v) is 7.26. The SMILES string of the molecule is COc1ccc(Br)cc1C(N)c1c(F)cc(Br)cc1F. The standard InChI is InChI=1S/C14H11Br2F2NO/c1-20-12-3-2-7(15)4-9(12)14(19)13-10(17)5-8(16)6-11(13)18/h2-6,14H,19H2,1H3. The van der Waals surface area contributed by atoms with Crippen LogP contribution in [0.1, 0.15) is 17.2 Å². The minimum absolute atomic E-state index is 0.190. The largest absolute Gasteiger partial charge is 0.496 e. The monoisotopic (exact) mass is 405 g/mol. The lowest BCUT2D eigenvalue weighted by Gasteiger charge is -2.18. The van der Waals surface area contributed by atoms with Crippen molar-refractivity contribution >= 4 is 31.9 Å². The second-order valence-electron chi connectivity index (χ2n) is 4.15. The third-order valence-electron chi connectivity index (χ3n) is 2.88. The first-order chi connectivity index (χ1) is 9.43. The molecule has 2 aromatic rings. The highest BCUT2D eigenvalue weighted by Crippen LogP contribution is 2.34. The van der Waals surface area contributed by atoms with Gasteiger partial charge < -0.3 is 10.5 Å². The van der Waals surface area contributed by atoms with E-state index in [-0.39, 0.29) is 5.56 Å². The fourth-order valence-corrected chi connectivity index (χ4v) is 2.73. The molecule has 0 saturated carbocycles. The summed E-state index contributed by atoms with van der Waals surface area (Å²) in [5.74, 6) is -0.930. The molecule has 0 spiro atoms. The van der Waals surface area contributed by atoms with Crippen LogP contribution in [0.25, 0.3) is 0 Å². The van der Waals surface area contributed by atoms with E-state index >= 15 is 0 Å². The summed E-state index contributed by atoms with van der Waals surface area (Å²) in [6.07, 6.45) is 0. The van der Waals surface area contributed by atoms with Gasteiger partial charge in [-0.2, -0.15) is 0 Å². The van der Waals surface area contributed by atoms with E-state index in [9.17, 15) is 8.78 Å². The Morgan fingerprint density at radius 3 is 2.20 bits per heavy atom. The maximum absolute atomic E-state index is 14.0. The van der Waals surface area contributed by atoms with E-state index in [0.29, 0.717) is 15.8 Å². The topological polar surface area (TPSA) is 35.2 Å². The number of halogens is 4. The van der Waals surface area contributed by atoms with E-state index < -0.39 is 17.7 Å². The zero-order chi connectivity index (χ0) is 14.9. The number of rotatable bonds is 3. The van der Waals surface area contributed by atoms with E-state index in [1.165, 1.54) is 19.2 Å². The Hall–Kier alpha value is -0.980. The van der Waals surface area contributed by atoms with Gasteiger partial charge in [0.25, 0.3) is 0 Å². The molecular weight excluding hydrogens is 396 g/mol. The number of methoxy groups -OCH3 is 1. The minimum atomic E-state index is -0.962. The second kappa shape index (κ2) is 6.20. The van der Waals surface area contributed by atoms with Crippen LogP contribution < -0.4 is 10.5 Å². The quantitative estimate of drug-likeness (QED) is 0.811. The van der Waals surface area contributed by atoms with Crippen LogP contribution in [0.5, 0.6) is 5.75 Å². The van der Waals surface area contributed by atoms with Crippen molar-refractivity contribution < 1.29 is 13.5 Å². The molecule has 1 unspecified atom stereocenters. The molecule has 2 rings (SSSR count). The third-order valence-corrected chi connectivity index (χ3v) is 3.83. The first-order valence-electron chi connectivity index (χ1n) is 5.67. The van der Waals surface area contributed by atoms with Gasteiger partial charge >= 0.3 is 0 Å². The van der Waals surface area contributed by atoms with Crippen molar-refractivity contribution in [1.82, 2.24) is 0 Å². The van der Waals surface area contributed by atoms with E-state index in [2.05, 4.69) is 31.9 Å². The van der Waals surface area contributed by atoms with E-state index in [1.54, 1.807) is 18.2 Å². The smallest absolute Gasteiger partial charge is 0.132 e. The van der Waals surface area contributed by atoms with Gasteiger partial charge in [-0.25, -0.2) is 8.78 Å². The fourth-order valence-electron chi connectivity index (χ4n) is 1.95. The molecule has 6 heteroatoms. The zero-order valence-electron chi connectivity index (χ0n) is 10.5. The second-order valence-corrected chi connectivity index (χ2v) is 5.98. The maximum atomic E-state index is 14.0. The van der Waals surface area contributed by atoms with Crippen LogP contribution in [0.4, 0.5) is 8.78 Å². The minimum Gasteiger partial charge on any atom is -0.496 e. The summed E-state index contributed by atoms with van der Waals surface area (Å²) in [6.45, 7) is 0. The van der Waals surface area contributed by atoms with Gasteiger partial charge in [-0.3, -0.25) is 0 Å². The average molecular weight is 407 g/mol. The fraction of sp³-hybridized carbons (Fsp3) is 0.143. The highest BCUT2D eigenvalue weighted by atomic mass is 79.9. The molecule has 0 saturated heterocycles. The van der Waals surface area contributed by atoms with E-state index in [0.717, 1.165) is 4.47 Å². The van der Waals surface area contributed by atoms with Crippen molar-refractivity contribution in [1.29, 1.82) is 0 Å². The van der Waals surface area contributed by atoms with Crippen molar-refractivity contribution in [3.05, 3.63) is 62.0 Å². The summed E-state index contributed by atoms with van der Waals surface area (Å²) in [4.78, 5) is 0. The lowest BCUT2D eigenvalue weighted by atomic mass is 9.98. The molecule has 2 N–H and O–H groups in total. The third kappa shape index (κ3) is 3.02. The Labute approximate surface area is 132 Å². The van der Waals surface area contributed by atoms with Gasteiger partial charge in [0.2, 0.25) is 0 Å². The summed E-state index contributed by atoms with van der Waals surface area (Å²) in [5, 5.41) is 0. The molecule has 0 fully saturated rings. The van der Waals surface area contributed by atoms with Gasteiger partial charge in [-0.1, -0.05) is 31.9 Å². The predicted molar refractivity (Wildman–Crippen MR) is 80.8 cm³/mol. The van der Waals surface area contributed by atoms with Crippen LogP contribution in [-0.4, -0.2) is 7.11 Å². The molecule has 0 amide bonds. The van der Waals surface area contributed by atoms with Crippen molar-refractivity contribution in [3.8, 4) is 5.75 Å². The molecule has 20 heavy (non-hydrogen) atoms. The van der Waals surface area contributed by atoms with Crippen molar-refractivity contribution in [2.75, 3.05) is 7.11 Å². The van der Waals surface area contributed by atoms with Gasteiger partial charge in [-0.05, 0) is 30.3 Å². The van der Waals surface area contributed by atoms with Crippen molar-refractivity contribution in [2.24, 2.45) is 5.73 Å². The lowest BCUT2D eigenvalue weighted by Crippen LogP contribution is -2.16. The molecule has 0 aromatic heterocycles. The molecule has 0 heterocycles. The lowest BCUT2D eigenvalue weighted by molar-refractivity contribution is 0.406. The molecule has 0 bridgehead atoms. The summed E-state index contributed by atoms with van der Waals surface area (Å²) in [5.41, 5.74) is 6.33. The molecule has 2 aromatic carbocycles. The van der Waals surface area contributed by atoms with Crippen LogP contribution in [0.15, 0.2) is 39.3 Å². The molecule has 0 aliphatic carbocycles. The van der Waals surface area contributed by atoms with E-state index in [4.69, 9.17) is 10.5 Å². The average Bonchev–Trinajstić information content (AvgIpc) is 2.37. The summed E-state index contributed by atoms with van der Waals surface area (Å²) in [6, 6.07) is 6.54. The number of ether oxygens (including phenoxy) is 1. The summed E-state index contributed by atoms with van der Waals surface area (Å²) in [7, 11) is 1.48.